The minimum absolute atomic E-state index is 0.0332. The number of hydrogen-bond donors (Lipinski definition) is 0. The minimum atomic E-state index is -0.643. The van der Waals surface area contributed by atoms with E-state index in [-0.39, 0.29) is 11.8 Å². The molecule has 0 bridgehead atoms. The van der Waals surface area contributed by atoms with Gasteiger partial charge in [0, 0.05) is 19.6 Å². The number of rotatable bonds is 6. The van der Waals surface area contributed by atoms with Crippen LogP contribution in [0.15, 0.2) is 54.6 Å². The molecule has 1 aliphatic rings. The van der Waals surface area contributed by atoms with Crippen LogP contribution < -0.4 is 4.74 Å². The summed E-state index contributed by atoms with van der Waals surface area (Å²) in [4.78, 5) is 30.3. The zero-order valence-corrected chi connectivity index (χ0v) is 19.7. The molecular weight excluding hydrogens is 404 g/mol. The molecule has 0 radical (unpaired) electrons. The molecule has 6 heteroatoms. The first-order chi connectivity index (χ1) is 15.2. The Bertz CT molecular complexity index is 906. The summed E-state index contributed by atoms with van der Waals surface area (Å²) >= 11 is 0. The second-order valence-electron chi connectivity index (χ2n) is 9.41. The van der Waals surface area contributed by atoms with Crippen molar-refractivity contribution in [2.45, 2.75) is 58.8 Å². The lowest BCUT2D eigenvalue weighted by atomic mass is 9.90. The molecule has 1 heterocycles. The van der Waals surface area contributed by atoms with Crippen LogP contribution in [0.25, 0.3) is 0 Å². The van der Waals surface area contributed by atoms with Crippen molar-refractivity contribution in [3.05, 3.63) is 65.7 Å². The van der Waals surface area contributed by atoms with Crippen molar-refractivity contribution in [1.82, 2.24) is 9.80 Å². The maximum atomic E-state index is 13.6. The van der Waals surface area contributed by atoms with Gasteiger partial charge in [0.15, 0.2) is 0 Å². The quantitative estimate of drug-likeness (QED) is 0.646. The van der Waals surface area contributed by atoms with E-state index in [4.69, 9.17) is 9.47 Å². The van der Waals surface area contributed by atoms with Crippen molar-refractivity contribution in [2.24, 2.45) is 5.92 Å². The molecule has 1 saturated heterocycles. The van der Waals surface area contributed by atoms with E-state index in [1.54, 1.807) is 12.0 Å². The molecule has 0 N–H and O–H groups in total. The molecule has 1 fully saturated rings. The number of carbonyl (C=O) groups excluding carboxylic acids is 2. The summed E-state index contributed by atoms with van der Waals surface area (Å²) in [5, 5.41) is 0. The number of benzene rings is 2. The van der Waals surface area contributed by atoms with E-state index >= 15 is 0 Å². The Morgan fingerprint density at radius 2 is 1.72 bits per heavy atom. The van der Waals surface area contributed by atoms with E-state index in [2.05, 4.69) is 0 Å². The lowest BCUT2D eigenvalue weighted by molar-refractivity contribution is -0.143. The molecule has 172 valence electrons. The smallest absolute Gasteiger partial charge is 0.411 e. The van der Waals surface area contributed by atoms with Crippen LogP contribution in [0.4, 0.5) is 4.79 Å². The molecule has 0 unspecified atom stereocenters. The van der Waals surface area contributed by atoms with E-state index < -0.39 is 17.7 Å². The highest BCUT2D eigenvalue weighted by molar-refractivity contribution is 5.86. The van der Waals surface area contributed by atoms with Crippen molar-refractivity contribution in [3.8, 4) is 5.75 Å². The van der Waals surface area contributed by atoms with Gasteiger partial charge in [-0.2, -0.15) is 0 Å². The highest BCUT2D eigenvalue weighted by Crippen LogP contribution is 2.28. The Kier molecular flexibility index (Phi) is 7.44. The second-order valence-corrected chi connectivity index (χ2v) is 9.41. The molecule has 2 atom stereocenters. The zero-order chi connectivity index (χ0) is 23.3. The Labute approximate surface area is 191 Å². The summed E-state index contributed by atoms with van der Waals surface area (Å²) < 4.78 is 10.9. The van der Waals surface area contributed by atoms with Gasteiger partial charge in [0.05, 0.1) is 7.11 Å². The van der Waals surface area contributed by atoms with Crippen LogP contribution in [-0.4, -0.2) is 47.1 Å². The number of amides is 2. The highest BCUT2D eigenvalue weighted by atomic mass is 16.6. The number of piperidine rings is 1. The Morgan fingerprint density at radius 1 is 1.06 bits per heavy atom. The fourth-order valence-electron chi connectivity index (χ4n) is 3.98. The summed E-state index contributed by atoms with van der Waals surface area (Å²) in [5.74, 6) is 0.774. The average molecular weight is 439 g/mol. The van der Waals surface area contributed by atoms with E-state index in [0.29, 0.717) is 19.6 Å². The first-order valence-electron chi connectivity index (χ1n) is 11.1. The average Bonchev–Trinajstić information content (AvgIpc) is 2.75. The van der Waals surface area contributed by atoms with Gasteiger partial charge in [-0.1, -0.05) is 49.4 Å². The first kappa shape index (κ1) is 23.6. The van der Waals surface area contributed by atoms with Crippen molar-refractivity contribution < 1.29 is 19.1 Å². The minimum Gasteiger partial charge on any atom is -0.497 e. The van der Waals surface area contributed by atoms with Gasteiger partial charge in [0.25, 0.3) is 0 Å². The summed E-state index contributed by atoms with van der Waals surface area (Å²) in [6.45, 7) is 9.05. The standard InChI is InChI=1S/C26H34N2O4/c1-19-15-16-27(17-21-11-13-22(31-5)14-12-21)24(29)23(19)28(25(30)32-26(2,3)4)18-20-9-7-6-8-10-20/h6-14,19,23H,15-18H2,1-5H3/t19-,23+/m0/s1. The lowest BCUT2D eigenvalue weighted by Crippen LogP contribution is -2.57. The van der Waals surface area contributed by atoms with Gasteiger partial charge in [-0.3, -0.25) is 9.69 Å². The predicted octanol–water partition coefficient (Wildman–Crippen LogP) is 4.87. The van der Waals surface area contributed by atoms with Crippen LogP contribution >= 0.6 is 0 Å². The Hall–Kier alpha value is -3.02. The highest BCUT2D eigenvalue weighted by Gasteiger charge is 2.41. The molecule has 0 spiro atoms. The third-order valence-electron chi connectivity index (χ3n) is 5.65. The van der Waals surface area contributed by atoms with Gasteiger partial charge < -0.3 is 14.4 Å². The van der Waals surface area contributed by atoms with Crippen LogP contribution in [0.3, 0.4) is 0 Å². The molecule has 0 aromatic heterocycles. The zero-order valence-electron chi connectivity index (χ0n) is 19.7. The van der Waals surface area contributed by atoms with Crippen molar-refractivity contribution in [2.75, 3.05) is 13.7 Å². The van der Waals surface area contributed by atoms with Gasteiger partial charge >= 0.3 is 6.09 Å². The fourth-order valence-corrected chi connectivity index (χ4v) is 3.98. The molecule has 32 heavy (non-hydrogen) atoms. The molecule has 0 aliphatic carbocycles. The Morgan fingerprint density at radius 3 is 2.31 bits per heavy atom. The number of hydrogen-bond acceptors (Lipinski definition) is 4. The summed E-state index contributed by atoms with van der Waals surface area (Å²) in [6.07, 6.45) is 0.360. The van der Waals surface area contributed by atoms with Crippen LogP contribution in [0.1, 0.15) is 45.2 Å². The molecule has 1 aliphatic heterocycles. The van der Waals surface area contributed by atoms with Gasteiger partial charge in [-0.25, -0.2) is 4.79 Å². The van der Waals surface area contributed by atoms with E-state index in [1.165, 1.54) is 0 Å². The topological polar surface area (TPSA) is 59.1 Å². The normalized spacial score (nSPS) is 18.9. The van der Waals surface area contributed by atoms with Crippen LogP contribution in [0, 0.1) is 5.92 Å². The molecule has 2 aromatic carbocycles. The summed E-state index contributed by atoms with van der Waals surface area (Å²) in [6, 6.07) is 16.9. The number of methoxy groups -OCH3 is 1. The van der Waals surface area contributed by atoms with Crippen LogP contribution in [0.2, 0.25) is 0 Å². The molecule has 2 amide bonds. The van der Waals surface area contributed by atoms with Gasteiger partial charge in [-0.15, -0.1) is 0 Å². The summed E-state index contributed by atoms with van der Waals surface area (Å²) in [5.41, 5.74) is 1.35. The van der Waals surface area contributed by atoms with Gasteiger partial charge in [-0.05, 0) is 56.4 Å². The maximum absolute atomic E-state index is 13.6. The molecule has 6 nitrogen and oxygen atoms in total. The van der Waals surface area contributed by atoms with E-state index in [1.807, 2.05) is 87.2 Å². The van der Waals surface area contributed by atoms with Crippen LogP contribution in [-0.2, 0) is 22.6 Å². The predicted molar refractivity (Wildman–Crippen MR) is 124 cm³/mol. The van der Waals surface area contributed by atoms with Crippen molar-refractivity contribution >= 4 is 12.0 Å². The number of carbonyl (C=O) groups is 2. The number of likely N-dealkylation sites (tertiary alicyclic amines) is 1. The van der Waals surface area contributed by atoms with Crippen LogP contribution in [0.5, 0.6) is 5.75 Å². The molecule has 3 rings (SSSR count). The lowest BCUT2D eigenvalue weighted by Gasteiger charge is -2.42. The molecular formula is C26H34N2O4. The van der Waals surface area contributed by atoms with E-state index in [0.717, 1.165) is 23.3 Å². The van der Waals surface area contributed by atoms with Gasteiger partial charge in [0.2, 0.25) is 5.91 Å². The van der Waals surface area contributed by atoms with Crippen molar-refractivity contribution in [1.29, 1.82) is 0 Å². The van der Waals surface area contributed by atoms with Gasteiger partial charge in [0.1, 0.15) is 17.4 Å². The Balaban J connectivity index is 1.84. The number of nitrogens with zero attached hydrogens (tertiary/aromatic N) is 2. The maximum Gasteiger partial charge on any atom is 0.411 e. The SMILES string of the molecule is COc1ccc(CN2CC[C@H](C)[C@@H](N(Cc3ccccc3)C(=O)OC(C)(C)C)C2=O)cc1. The first-order valence-corrected chi connectivity index (χ1v) is 11.1. The largest absolute Gasteiger partial charge is 0.497 e. The third-order valence-corrected chi connectivity index (χ3v) is 5.65. The third kappa shape index (κ3) is 6.02. The number of ether oxygens (including phenoxy) is 2. The second kappa shape index (κ2) is 10.1. The fraction of sp³-hybridized carbons (Fsp3) is 0.462. The molecule has 0 saturated carbocycles. The van der Waals surface area contributed by atoms with Crippen molar-refractivity contribution in [3.63, 3.8) is 0 Å². The monoisotopic (exact) mass is 438 g/mol. The molecule has 2 aromatic rings. The summed E-state index contributed by atoms with van der Waals surface area (Å²) in [7, 11) is 1.63. The van der Waals surface area contributed by atoms with E-state index in [9.17, 15) is 9.59 Å².